The highest BCUT2D eigenvalue weighted by molar-refractivity contribution is 6.03. The van der Waals surface area contributed by atoms with Crippen molar-refractivity contribution in [2.24, 2.45) is 11.3 Å². The van der Waals surface area contributed by atoms with Gasteiger partial charge in [-0.15, -0.1) is 0 Å². The van der Waals surface area contributed by atoms with E-state index in [-0.39, 0.29) is 29.0 Å². The number of nitrogens with one attached hydrogen (secondary N) is 1. The van der Waals surface area contributed by atoms with Crippen LogP contribution < -0.4 is 5.32 Å². The van der Waals surface area contributed by atoms with E-state index < -0.39 is 29.1 Å². The minimum Gasteiger partial charge on any atom is -0.444 e. The van der Waals surface area contributed by atoms with Crippen LogP contribution in [0.25, 0.3) is 11.5 Å². The number of anilines is 1. The van der Waals surface area contributed by atoms with Crippen molar-refractivity contribution in [3.8, 4) is 11.5 Å². The SMILES string of the molecule is CC(C[C@H]1C[C@]12CCN(C(=O)OC(C)(C)C)C2)c1ccc(NC(=O)c2nc(-c3ccccc3)oc2C(F)(F)F)cn1. The summed E-state index contributed by atoms with van der Waals surface area (Å²) in [7, 11) is 0. The Morgan fingerprint density at radius 1 is 1.17 bits per heavy atom. The lowest BCUT2D eigenvalue weighted by atomic mass is 9.94. The Hall–Kier alpha value is -3.89. The third-order valence-corrected chi connectivity index (χ3v) is 7.70. The van der Waals surface area contributed by atoms with E-state index in [9.17, 15) is 22.8 Å². The van der Waals surface area contributed by atoms with Crippen LogP contribution in [0.2, 0.25) is 0 Å². The molecule has 1 saturated carbocycles. The zero-order valence-corrected chi connectivity index (χ0v) is 23.4. The maximum absolute atomic E-state index is 13.6. The zero-order chi connectivity index (χ0) is 29.6. The van der Waals surface area contributed by atoms with Crippen LogP contribution in [0.15, 0.2) is 53.1 Å². The molecule has 1 saturated heterocycles. The predicted octanol–water partition coefficient (Wildman–Crippen LogP) is 7.15. The number of benzene rings is 1. The summed E-state index contributed by atoms with van der Waals surface area (Å²) in [6, 6.07) is 11.5. The molecule has 2 aliphatic rings. The second kappa shape index (κ2) is 10.5. The van der Waals surface area contributed by atoms with Crippen LogP contribution in [0.3, 0.4) is 0 Å². The molecule has 2 fully saturated rings. The number of aromatic nitrogens is 2. The maximum atomic E-state index is 13.6. The van der Waals surface area contributed by atoms with Crippen molar-refractivity contribution in [1.82, 2.24) is 14.9 Å². The summed E-state index contributed by atoms with van der Waals surface area (Å²) in [5, 5.41) is 2.45. The Morgan fingerprint density at radius 3 is 2.54 bits per heavy atom. The zero-order valence-electron chi connectivity index (χ0n) is 23.4. The van der Waals surface area contributed by atoms with Gasteiger partial charge in [-0.05, 0) is 81.5 Å². The number of carbonyl (C=O) groups excluding carboxylic acids is 2. The molecular formula is C30H33F3N4O4. The summed E-state index contributed by atoms with van der Waals surface area (Å²) < 4.78 is 51.3. The smallest absolute Gasteiger partial charge is 0.444 e. The number of amides is 2. The van der Waals surface area contributed by atoms with Gasteiger partial charge in [-0.25, -0.2) is 9.78 Å². The number of pyridine rings is 1. The molecule has 3 aromatic rings. The number of carbonyl (C=O) groups is 2. The molecule has 2 aromatic heterocycles. The summed E-state index contributed by atoms with van der Waals surface area (Å²) in [4.78, 5) is 35.4. The second-order valence-electron chi connectivity index (χ2n) is 12.0. The van der Waals surface area contributed by atoms with Gasteiger partial charge in [0, 0.05) is 24.3 Å². The Balaban J connectivity index is 1.20. The molecule has 1 aromatic carbocycles. The molecule has 1 unspecified atom stereocenters. The van der Waals surface area contributed by atoms with Crippen LogP contribution in [-0.4, -0.2) is 45.6 Å². The molecule has 1 spiro atoms. The fourth-order valence-corrected chi connectivity index (χ4v) is 5.52. The van der Waals surface area contributed by atoms with Gasteiger partial charge in [-0.3, -0.25) is 9.78 Å². The molecule has 11 heteroatoms. The number of likely N-dealkylation sites (tertiary alicyclic amines) is 1. The minimum absolute atomic E-state index is 0.125. The Bertz CT molecular complexity index is 1420. The number of alkyl halides is 3. The van der Waals surface area contributed by atoms with Crippen molar-refractivity contribution in [2.75, 3.05) is 18.4 Å². The molecule has 2 amide bonds. The van der Waals surface area contributed by atoms with Crippen molar-refractivity contribution >= 4 is 17.7 Å². The van der Waals surface area contributed by atoms with Crippen LogP contribution in [0.1, 0.15) is 74.8 Å². The van der Waals surface area contributed by atoms with Gasteiger partial charge in [-0.2, -0.15) is 13.2 Å². The average Bonchev–Trinajstić information content (AvgIpc) is 3.23. The van der Waals surface area contributed by atoms with E-state index >= 15 is 0 Å². The maximum Gasteiger partial charge on any atom is 0.452 e. The van der Waals surface area contributed by atoms with Crippen LogP contribution in [0, 0.1) is 11.3 Å². The fraction of sp³-hybridized carbons (Fsp3) is 0.467. The summed E-state index contributed by atoms with van der Waals surface area (Å²) in [6.07, 6.45) is -0.829. The van der Waals surface area contributed by atoms with E-state index in [1.165, 1.54) is 6.20 Å². The lowest BCUT2D eigenvalue weighted by molar-refractivity contribution is -0.153. The molecule has 1 aliphatic carbocycles. The van der Waals surface area contributed by atoms with E-state index in [1.54, 1.807) is 47.4 Å². The minimum atomic E-state index is -4.90. The summed E-state index contributed by atoms with van der Waals surface area (Å²) >= 11 is 0. The molecular weight excluding hydrogens is 537 g/mol. The van der Waals surface area contributed by atoms with Gasteiger partial charge in [0.05, 0.1) is 11.9 Å². The topological polar surface area (TPSA) is 97.6 Å². The number of nitrogens with zero attached hydrogens (tertiary/aromatic N) is 3. The molecule has 1 aliphatic heterocycles. The van der Waals surface area contributed by atoms with Crippen molar-refractivity contribution < 1.29 is 31.9 Å². The summed E-state index contributed by atoms with van der Waals surface area (Å²) in [5.41, 5.74) is 0.147. The highest BCUT2D eigenvalue weighted by atomic mass is 19.4. The third kappa shape index (κ3) is 6.39. The van der Waals surface area contributed by atoms with Gasteiger partial charge in [0.1, 0.15) is 5.60 Å². The molecule has 3 heterocycles. The fourth-order valence-electron chi connectivity index (χ4n) is 5.52. The van der Waals surface area contributed by atoms with Gasteiger partial charge in [0.25, 0.3) is 5.91 Å². The van der Waals surface area contributed by atoms with Crippen LogP contribution in [0.5, 0.6) is 0 Å². The lowest BCUT2D eigenvalue weighted by Gasteiger charge is -2.24. The quantitative estimate of drug-likeness (QED) is 0.338. The molecule has 1 N–H and O–H groups in total. The number of oxazole rings is 1. The van der Waals surface area contributed by atoms with Crippen LogP contribution >= 0.6 is 0 Å². The van der Waals surface area contributed by atoms with Gasteiger partial charge in [-0.1, -0.05) is 25.1 Å². The summed E-state index contributed by atoms with van der Waals surface area (Å²) in [5.74, 6) is -2.19. The van der Waals surface area contributed by atoms with Crippen molar-refractivity contribution in [2.45, 2.75) is 64.7 Å². The van der Waals surface area contributed by atoms with Crippen molar-refractivity contribution in [3.05, 3.63) is 65.8 Å². The first-order chi connectivity index (χ1) is 19.2. The second-order valence-corrected chi connectivity index (χ2v) is 12.0. The van der Waals surface area contributed by atoms with E-state index in [2.05, 4.69) is 22.2 Å². The Labute approximate surface area is 236 Å². The Morgan fingerprint density at radius 2 is 1.90 bits per heavy atom. The van der Waals surface area contributed by atoms with E-state index in [0.29, 0.717) is 24.6 Å². The Kier molecular flexibility index (Phi) is 7.33. The number of rotatable bonds is 6. The average molecular weight is 571 g/mol. The number of ether oxygens (including phenoxy) is 1. The largest absolute Gasteiger partial charge is 0.452 e. The number of hydrogen-bond donors (Lipinski definition) is 1. The monoisotopic (exact) mass is 570 g/mol. The number of hydrogen-bond acceptors (Lipinski definition) is 6. The highest BCUT2D eigenvalue weighted by Gasteiger charge is 2.58. The van der Waals surface area contributed by atoms with Crippen LogP contribution in [0.4, 0.5) is 23.7 Å². The van der Waals surface area contributed by atoms with Crippen molar-refractivity contribution in [3.63, 3.8) is 0 Å². The molecule has 5 rings (SSSR count). The molecule has 41 heavy (non-hydrogen) atoms. The first-order valence-corrected chi connectivity index (χ1v) is 13.6. The van der Waals surface area contributed by atoms with E-state index in [0.717, 1.165) is 25.0 Å². The third-order valence-electron chi connectivity index (χ3n) is 7.70. The lowest BCUT2D eigenvalue weighted by Crippen LogP contribution is -2.35. The molecule has 3 atom stereocenters. The first kappa shape index (κ1) is 28.6. The van der Waals surface area contributed by atoms with Gasteiger partial charge in [0.2, 0.25) is 11.7 Å². The molecule has 218 valence electrons. The standard InChI is InChI=1S/C30H33F3N4O4/c1-18(14-20-15-29(20)12-13-37(17-29)27(39)41-28(2,3)4)22-11-10-21(16-34-22)35-25(38)23-24(30(31,32)33)40-26(36-23)19-8-6-5-7-9-19/h5-11,16,18,20H,12-15,17H2,1-4H3,(H,35,38)/t18?,20-,29-/m0/s1. The van der Waals surface area contributed by atoms with Crippen LogP contribution in [-0.2, 0) is 10.9 Å². The number of halogens is 3. The summed E-state index contributed by atoms with van der Waals surface area (Å²) in [6.45, 7) is 9.05. The van der Waals surface area contributed by atoms with Gasteiger partial charge in [0.15, 0.2) is 5.69 Å². The van der Waals surface area contributed by atoms with E-state index in [4.69, 9.17) is 9.15 Å². The van der Waals surface area contributed by atoms with Crippen molar-refractivity contribution in [1.29, 1.82) is 0 Å². The first-order valence-electron chi connectivity index (χ1n) is 13.6. The molecule has 8 nitrogen and oxygen atoms in total. The van der Waals surface area contributed by atoms with Gasteiger partial charge < -0.3 is 19.4 Å². The highest BCUT2D eigenvalue weighted by Crippen LogP contribution is 2.61. The van der Waals surface area contributed by atoms with Gasteiger partial charge >= 0.3 is 12.3 Å². The van der Waals surface area contributed by atoms with E-state index in [1.807, 2.05) is 20.8 Å². The normalized spacial score (nSPS) is 21.1. The molecule has 0 bridgehead atoms. The molecule has 0 radical (unpaired) electrons. The predicted molar refractivity (Wildman–Crippen MR) is 145 cm³/mol.